The van der Waals surface area contributed by atoms with Gasteiger partial charge in [-0.15, -0.1) is 0 Å². The second-order valence-corrected chi connectivity index (χ2v) is 19.7. The SMILES string of the molecule is Cc1ccc(C2=Nc3cccc4cccc(c34)N2)cc1.N#Cc1ccc(C2=Nc3cccc4cccc(c34)N2)cc1.Nc1cccc(C2=Nc3cccc4cccc(c34)N2)c1.c1cc2c3c(cccc3c1)NC(c1ccncc1)N2. The van der Waals surface area contributed by atoms with E-state index in [0.29, 0.717) is 5.56 Å². The van der Waals surface area contributed by atoms with E-state index in [9.17, 15) is 0 Å². The highest BCUT2D eigenvalue weighted by Crippen LogP contribution is 2.41. The number of rotatable bonds is 4. The first-order valence-corrected chi connectivity index (χ1v) is 26.4. The van der Waals surface area contributed by atoms with Crippen LogP contribution in [0.5, 0.6) is 0 Å². The summed E-state index contributed by atoms with van der Waals surface area (Å²) in [4.78, 5) is 18.3. The molecule has 382 valence electrons. The smallest absolute Gasteiger partial charge is 0.138 e. The van der Waals surface area contributed by atoms with E-state index in [1.807, 2.05) is 91.3 Å². The summed E-state index contributed by atoms with van der Waals surface area (Å²) in [6, 6.07) is 79.8. The van der Waals surface area contributed by atoms with E-state index in [2.05, 4.69) is 184 Å². The fraction of sp³-hybridized carbons (Fsp3) is 0.0290. The minimum atomic E-state index is 0.0866. The second-order valence-electron chi connectivity index (χ2n) is 19.7. The summed E-state index contributed by atoms with van der Waals surface area (Å²) in [6.07, 6.45) is 3.73. The maximum atomic E-state index is 8.87. The molecule has 11 nitrogen and oxygen atoms in total. The van der Waals surface area contributed by atoms with Crippen LogP contribution in [-0.4, -0.2) is 22.5 Å². The number of aliphatic imine (C=N–C) groups is 3. The average Bonchev–Trinajstić information content (AvgIpc) is 3.53. The van der Waals surface area contributed by atoms with Crippen molar-refractivity contribution in [3.63, 3.8) is 0 Å². The normalized spacial score (nSPS) is 13.0. The van der Waals surface area contributed by atoms with Crippen LogP contribution >= 0.6 is 0 Å². The maximum absolute atomic E-state index is 8.87. The summed E-state index contributed by atoms with van der Waals surface area (Å²) in [7, 11) is 0. The Balaban J connectivity index is 0.000000101. The summed E-state index contributed by atoms with van der Waals surface area (Å²) in [5, 5.41) is 35.8. The molecule has 11 aromatic carbocycles. The second kappa shape index (κ2) is 21.1. The highest BCUT2D eigenvalue weighted by atomic mass is 15.2. The molecule has 5 heterocycles. The minimum absolute atomic E-state index is 0.0866. The number of aryl methyl sites for hydroxylation is 1. The van der Waals surface area contributed by atoms with Gasteiger partial charge in [-0.25, -0.2) is 15.0 Å². The van der Waals surface area contributed by atoms with Crippen LogP contribution in [0.2, 0.25) is 0 Å². The lowest BCUT2D eigenvalue weighted by Crippen LogP contribution is -2.23. The van der Waals surface area contributed by atoms with Crippen molar-refractivity contribution in [3.05, 3.63) is 276 Å². The third-order valence-corrected chi connectivity index (χ3v) is 14.4. The van der Waals surface area contributed by atoms with Crippen molar-refractivity contribution in [3.8, 4) is 6.07 Å². The molecule has 0 unspecified atom stereocenters. The van der Waals surface area contributed by atoms with Crippen LogP contribution in [0.4, 0.5) is 51.2 Å². The van der Waals surface area contributed by atoms with Crippen LogP contribution in [0.25, 0.3) is 43.1 Å². The number of benzene rings is 11. The monoisotopic (exact) mass is 1030 g/mol. The molecule has 0 atom stereocenters. The molecule has 0 amide bonds. The van der Waals surface area contributed by atoms with Crippen molar-refractivity contribution in [2.75, 3.05) is 32.3 Å². The molecular weight excluding hydrogens is 983 g/mol. The highest BCUT2D eigenvalue weighted by molar-refractivity contribution is 6.21. The van der Waals surface area contributed by atoms with Crippen molar-refractivity contribution >= 4 is 112 Å². The quantitative estimate of drug-likeness (QED) is 0.0950. The van der Waals surface area contributed by atoms with E-state index >= 15 is 0 Å². The van der Waals surface area contributed by atoms with Crippen molar-refractivity contribution in [2.24, 2.45) is 15.0 Å². The Morgan fingerprint density at radius 1 is 0.400 bits per heavy atom. The number of nitriles is 1. The van der Waals surface area contributed by atoms with Gasteiger partial charge in [-0.05, 0) is 131 Å². The van der Waals surface area contributed by atoms with Gasteiger partial charge in [0.1, 0.15) is 23.7 Å². The molecular formula is C69H51N11. The Labute approximate surface area is 462 Å². The fourth-order valence-electron chi connectivity index (χ4n) is 10.5. The predicted molar refractivity (Wildman–Crippen MR) is 333 cm³/mol. The average molecular weight is 1030 g/mol. The number of aromatic nitrogens is 1. The molecule has 4 aliphatic heterocycles. The van der Waals surface area contributed by atoms with Crippen molar-refractivity contribution < 1.29 is 0 Å². The zero-order valence-electron chi connectivity index (χ0n) is 43.5. The summed E-state index contributed by atoms with van der Waals surface area (Å²) < 4.78 is 0. The molecule has 16 rings (SSSR count). The zero-order chi connectivity index (χ0) is 53.9. The molecule has 0 fully saturated rings. The zero-order valence-corrected chi connectivity index (χ0v) is 43.5. The lowest BCUT2D eigenvalue weighted by molar-refractivity contribution is 0.893. The maximum Gasteiger partial charge on any atom is 0.138 e. The molecule has 4 aliphatic rings. The number of hydrogen-bond donors (Lipinski definition) is 6. The van der Waals surface area contributed by atoms with E-state index in [4.69, 9.17) is 26.0 Å². The van der Waals surface area contributed by atoms with Gasteiger partial charge in [-0.2, -0.15) is 5.26 Å². The summed E-state index contributed by atoms with van der Waals surface area (Å²) in [5.41, 5.74) is 21.4. The number of nitrogens with zero attached hydrogens (tertiary/aromatic N) is 5. The largest absolute Gasteiger partial charge is 0.399 e. The van der Waals surface area contributed by atoms with Gasteiger partial charge < -0.3 is 32.3 Å². The molecule has 0 saturated carbocycles. The van der Waals surface area contributed by atoms with E-state index in [1.54, 1.807) is 12.1 Å². The predicted octanol–water partition coefficient (Wildman–Crippen LogP) is 16.6. The molecule has 7 N–H and O–H groups in total. The number of anilines is 6. The van der Waals surface area contributed by atoms with Gasteiger partial charge in [0, 0.05) is 84.8 Å². The fourth-order valence-corrected chi connectivity index (χ4v) is 10.5. The molecule has 80 heavy (non-hydrogen) atoms. The minimum Gasteiger partial charge on any atom is -0.399 e. The van der Waals surface area contributed by atoms with E-state index < -0.39 is 0 Å². The van der Waals surface area contributed by atoms with Crippen LogP contribution in [0.3, 0.4) is 0 Å². The lowest BCUT2D eigenvalue weighted by atomic mass is 10.0. The number of nitrogens with two attached hydrogens (primary N) is 1. The summed E-state index contributed by atoms with van der Waals surface area (Å²) in [6.45, 7) is 2.09. The van der Waals surface area contributed by atoms with Gasteiger partial charge in [0.15, 0.2) is 0 Å². The Hall–Kier alpha value is -11.1. The number of amidine groups is 3. The molecule has 0 aliphatic carbocycles. The summed E-state index contributed by atoms with van der Waals surface area (Å²) in [5.74, 6) is 2.56. The van der Waals surface area contributed by atoms with E-state index in [1.165, 1.54) is 60.2 Å². The number of nitrogens with one attached hydrogen (secondary N) is 5. The van der Waals surface area contributed by atoms with E-state index in [-0.39, 0.29) is 6.17 Å². The Morgan fingerprint density at radius 2 is 0.787 bits per heavy atom. The Kier molecular flexibility index (Phi) is 12.8. The first-order valence-electron chi connectivity index (χ1n) is 26.4. The van der Waals surface area contributed by atoms with Crippen molar-refractivity contribution in [1.82, 2.24) is 4.98 Å². The van der Waals surface area contributed by atoms with Crippen molar-refractivity contribution in [1.29, 1.82) is 5.26 Å². The number of pyridine rings is 1. The van der Waals surface area contributed by atoms with Gasteiger partial charge in [0.25, 0.3) is 0 Å². The molecule has 0 radical (unpaired) electrons. The molecule has 0 spiro atoms. The molecule has 0 saturated heterocycles. The first-order chi connectivity index (χ1) is 39.4. The number of hydrogen-bond acceptors (Lipinski definition) is 11. The third kappa shape index (κ3) is 9.72. The number of nitrogen functional groups attached to an aromatic ring is 1. The first kappa shape index (κ1) is 48.5. The Bertz CT molecular complexity index is 4430. The molecule has 11 heteroatoms. The molecule has 0 bridgehead atoms. The highest BCUT2D eigenvalue weighted by Gasteiger charge is 2.21. The van der Waals surface area contributed by atoms with Gasteiger partial charge in [0.05, 0.1) is 28.7 Å². The Morgan fingerprint density at radius 3 is 1.23 bits per heavy atom. The van der Waals surface area contributed by atoms with Crippen LogP contribution in [0, 0.1) is 18.3 Å². The van der Waals surface area contributed by atoms with Crippen molar-refractivity contribution in [2.45, 2.75) is 13.1 Å². The van der Waals surface area contributed by atoms with E-state index in [0.717, 1.165) is 79.4 Å². The van der Waals surface area contributed by atoms with Crippen LogP contribution in [0.1, 0.15) is 39.5 Å². The van der Waals surface area contributed by atoms with Gasteiger partial charge in [0.2, 0.25) is 0 Å². The standard InChI is InChI=1S/C18H11N3.C18H14N2.C17H13N3.C16H13N3/c19-11-12-7-9-14(10-8-12)18-20-15-5-1-3-13-4-2-6-16(21-18)17(13)15;1-12-8-10-14(11-9-12)18-19-15-6-2-4-13-5-3-7-16(20-18)17(13)15;18-13-7-1-6-12(10-13)17-19-14-8-2-4-11-5-3-9-15(20-17)16(11)14;1-3-11-4-2-6-14-15(11)13(5-1)18-16(19-14)12-7-9-17-10-8-12/h1-10H,(H,20,21);2-11H,1H3,(H,19,20);1-10H,18H2,(H,19,20);1-10,16,18-19H. The lowest BCUT2D eigenvalue weighted by Gasteiger charge is -2.29. The topological polar surface area (TPSA) is 160 Å². The van der Waals surface area contributed by atoms with Crippen LogP contribution in [0.15, 0.2) is 258 Å². The van der Waals surface area contributed by atoms with Gasteiger partial charge in [-0.1, -0.05) is 139 Å². The van der Waals surface area contributed by atoms with Gasteiger partial charge >= 0.3 is 0 Å². The molecule has 1 aromatic heterocycles. The van der Waals surface area contributed by atoms with Gasteiger partial charge in [-0.3, -0.25) is 4.98 Å². The van der Waals surface area contributed by atoms with Crippen LogP contribution < -0.4 is 32.3 Å². The summed E-state index contributed by atoms with van der Waals surface area (Å²) >= 11 is 0. The third-order valence-electron chi connectivity index (χ3n) is 14.4. The van der Waals surface area contributed by atoms with Crippen LogP contribution in [-0.2, 0) is 0 Å². The molecule has 12 aromatic rings.